The highest BCUT2D eigenvalue weighted by Crippen LogP contribution is 2.28. The van der Waals surface area contributed by atoms with Crippen LogP contribution < -0.4 is 0 Å². The molecule has 0 unspecified atom stereocenters. The standard InChI is InChI=1S/C13H12FN3OS/c1-7-5-9(3-4-10(7)14)12-11(6-18)17-13(15-12)19-8(2)16-17/h3-5,18H,6H2,1-2H3. The highest BCUT2D eigenvalue weighted by atomic mass is 32.1. The molecular weight excluding hydrogens is 265 g/mol. The van der Waals surface area contributed by atoms with E-state index >= 15 is 0 Å². The lowest BCUT2D eigenvalue weighted by Crippen LogP contribution is -1.96. The first kappa shape index (κ1) is 12.3. The van der Waals surface area contributed by atoms with E-state index in [9.17, 15) is 9.50 Å². The van der Waals surface area contributed by atoms with Crippen LogP contribution in [0.2, 0.25) is 0 Å². The van der Waals surface area contributed by atoms with E-state index in [4.69, 9.17) is 0 Å². The Morgan fingerprint density at radius 1 is 1.37 bits per heavy atom. The second-order valence-corrected chi connectivity index (χ2v) is 5.50. The van der Waals surface area contributed by atoms with Crippen LogP contribution in [0.15, 0.2) is 18.2 Å². The number of aromatic nitrogens is 3. The maximum Gasteiger partial charge on any atom is 0.213 e. The van der Waals surface area contributed by atoms with Crippen LogP contribution in [0.5, 0.6) is 0 Å². The van der Waals surface area contributed by atoms with Gasteiger partial charge in [-0.3, -0.25) is 0 Å². The van der Waals surface area contributed by atoms with Crippen molar-refractivity contribution in [3.05, 3.63) is 40.3 Å². The summed E-state index contributed by atoms with van der Waals surface area (Å²) in [6.07, 6.45) is 0. The van der Waals surface area contributed by atoms with Gasteiger partial charge in [-0.15, -0.1) is 0 Å². The van der Waals surface area contributed by atoms with Crippen LogP contribution in [0.1, 0.15) is 16.3 Å². The van der Waals surface area contributed by atoms with E-state index in [2.05, 4.69) is 10.1 Å². The van der Waals surface area contributed by atoms with E-state index < -0.39 is 0 Å². The SMILES string of the molecule is Cc1nn2c(CO)c(-c3ccc(F)c(C)c3)nc2s1. The molecule has 6 heteroatoms. The van der Waals surface area contributed by atoms with Gasteiger partial charge in [0.25, 0.3) is 0 Å². The molecule has 0 aliphatic rings. The number of aliphatic hydroxyl groups excluding tert-OH is 1. The van der Waals surface area contributed by atoms with Crippen molar-refractivity contribution in [3.63, 3.8) is 0 Å². The number of halogens is 1. The topological polar surface area (TPSA) is 50.4 Å². The van der Waals surface area contributed by atoms with Gasteiger partial charge in [-0.25, -0.2) is 13.9 Å². The fourth-order valence-electron chi connectivity index (χ4n) is 2.05. The second kappa shape index (κ2) is 4.40. The summed E-state index contributed by atoms with van der Waals surface area (Å²) >= 11 is 1.46. The summed E-state index contributed by atoms with van der Waals surface area (Å²) in [5.41, 5.74) is 2.63. The molecule has 0 fully saturated rings. The van der Waals surface area contributed by atoms with Gasteiger partial charge in [-0.05, 0) is 37.6 Å². The number of benzene rings is 1. The fourth-order valence-corrected chi connectivity index (χ4v) is 2.81. The van der Waals surface area contributed by atoms with E-state index in [1.54, 1.807) is 23.6 Å². The first-order valence-electron chi connectivity index (χ1n) is 5.82. The van der Waals surface area contributed by atoms with Gasteiger partial charge in [0.05, 0.1) is 18.0 Å². The quantitative estimate of drug-likeness (QED) is 0.783. The Hall–Kier alpha value is -1.79. The summed E-state index contributed by atoms with van der Waals surface area (Å²) in [5.74, 6) is -0.246. The lowest BCUT2D eigenvalue weighted by Gasteiger charge is -2.03. The molecule has 2 aromatic heterocycles. The summed E-state index contributed by atoms with van der Waals surface area (Å²) < 4.78 is 15.0. The first-order chi connectivity index (χ1) is 9.10. The van der Waals surface area contributed by atoms with Crippen molar-refractivity contribution >= 4 is 16.3 Å². The Morgan fingerprint density at radius 2 is 2.16 bits per heavy atom. The second-order valence-electron chi connectivity index (χ2n) is 4.34. The average Bonchev–Trinajstić information content (AvgIpc) is 2.88. The molecule has 3 aromatic rings. The highest BCUT2D eigenvalue weighted by molar-refractivity contribution is 7.16. The predicted molar refractivity (Wildman–Crippen MR) is 71.7 cm³/mol. The van der Waals surface area contributed by atoms with E-state index in [0.29, 0.717) is 17.0 Å². The average molecular weight is 277 g/mol. The summed E-state index contributed by atoms with van der Waals surface area (Å²) in [6.45, 7) is 3.44. The van der Waals surface area contributed by atoms with Gasteiger partial charge < -0.3 is 5.11 Å². The van der Waals surface area contributed by atoms with Crippen molar-refractivity contribution in [3.8, 4) is 11.3 Å². The predicted octanol–water partition coefficient (Wildman–Crippen LogP) is 2.71. The number of aryl methyl sites for hydroxylation is 2. The molecule has 0 saturated carbocycles. The molecule has 0 spiro atoms. The number of hydrogen-bond acceptors (Lipinski definition) is 4. The zero-order valence-corrected chi connectivity index (χ0v) is 11.3. The van der Waals surface area contributed by atoms with Gasteiger partial charge in [0.15, 0.2) is 0 Å². The molecule has 0 bridgehead atoms. The Labute approximate surface area is 113 Å². The van der Waals surface area contributed by atoms with Crippen LogP contribution in [0.4, 0.5) is 4.39 Å². The molecule has 19 heavy (non-hydrogen) atoms. The fraction of sp³-hybridized carbons (Fsp3) is 0.231. The first-order valence-corrected chi connectivity index (χ1v) is 6.64. The van der Waals surface area contributed by atoms with Crippen molar-refractivity contribution in [2.24, 2.45) is 0 Å². The van der Waals surface area contributed by atoms with Crippen molar-refractivity contribution < 1.29 is 9.50 Å². The maximum atomic E-state index is 13.3. The zero-order valence-electron chi connectivity index (χ0n) is 10.5. The lowest BCUT2D eigenvalue weighted by molar-refractivity contribution is 0.275. The normalized spacial score (nSPS) is 11.4. The molecule has 1 aromatic carbocycles. The third kappa shape index (κ3) is 1.93. The highest BCUT2D eigenvalue weighted by Gasteiger charge is 2.16. The van der Waals surface area contributed by atoms with Gasteiger partial charge >= 0.3 is 0 Å². The summed E-state index contributed by atoms with van der Waals surface area (Å²) in [6, 6.07) is 4.81. The molecule has 0 atom stereocenters. The molecule has 0 saturated heterocycles. The van der Waals surface area contributed by atoms with Crippen molar-refractivity contribution in [2.45, 2.75) is 20.5 Å². The molecule has 0 aliphatic carbocycles. The van der Waals surface area contributed by atoms with E-state index in [1.807, 2.05) is 6.92 Å². The molecule has 2 heterocycles. The Balaban J connectivity index is 2.23. The van der Waals surface area contributed by atoms with Gasteiger partial charge in [0.2, 0.25) is 4.96 Å². The Bertz CT molecular complexity index is 763. The van der Waals surface area contributed by atoms with Crippen LogP contribution in [0, 0.1) is 19.7 Å². The van der Waals surface area contributed by atoms with E-state index in [1.165, 1.54) is 17.4 Å². The van der Waals surface area contributed by atoms with Crippen LogP contribution in [0.3, 0.4) is 0 Å². The van der Waals surface area contributed by atoms with E-state index in [-0.39, 0.29) is 12.4 Å². The minimum absolute atomic E-state index is 0.157. The Morgan fingerprint density at radius 3 is 2.84 bits per heavy atom. The number of rotatable bonds is 2. The minimum Gasteiger partial charge on any atom is -0.390 e. The molecule has 1 N–H and O–H groups in total. The number of aliphatic hydroxyl groups is 1. The third-order valence-electron chi connectivity index (χ3n) is 2.98. The van der Waals surface area contributed by atoms with Gasteiger partial charge in [-0.1, -0.05) is 11.3 Å². The molecule has 0 radical (unpaired) electrons. The van der Waals surface area contributed by atoms with Crippen LogP contribution >= 0.6 is 11.3 Å². The molecular formula is C13H12FN3OS. The van der Waals surface area contributed by atoms with Gasteiger partial charge in [0, 0.05) is 5.56 Å². The van der Waals surface area contributed by atoms with Crippen molar-refractivity contribution in [1.82, 2.24) is 14.6 Å². The summed E-state index contributed by atoms with van der Waals surface area (Å²) in [7, 11) is 0. The van der Waals surface area contributed by atoms with Crippen molar-refractivity contribution in [2.75, 3.05) is 0 Å². The minimum atomic E-state index is -0.246. The lowest BCUT2D eigenvalue weighted by atomic mass is 10.1. The van der Waals surface area contributed by atoms with E-state index in [0.717, 1.165) is 15.5 Å². The molecule has 0 amide bonds. The molecule has 98 valence electrons. The molecule has 3 rings (SSSR count). The smallest absolute Gasteiger partial charge is 0.213 e. The summed E-state index contributed by atoms with van der Waals surface area (Å²) in [5, 5.41) is 14.7. The number of imidazole rings is 1. The number of hydrogen-bond donors (Lipinski definition) is 1. The largest absolute Gasteiger partial charge is 0.390 e. The number of fused-ring (bicyclic) bond motifs is 1. The monoisotopic (exact) mass is 277 g/mol. The van der Waals surface area contributed by atoms with Crippen molar-refractivity contribution in [1.29, 1.82) is 0 Å². The molecule has 4 nitrogen and oxygen atoms in total. The van der Waals surface area contributed by atoms with Crippen LogP contribution in [0.25, 0.3) is 16.2 Å². The maximum absolute atomic E-state index is 13.3. The number of nitrogens with zero attached hydrogens (tertiary/aromatic N) is 3. The zero-order chi connectivity index (χ0) is 13.6. The summed E-state index contributed by atoms with van der Waals surface area (Å²) in [4.78, 5) is 5.22. The third-order valence-corrected chi connectivity index (χ3v) is 3.80. The Kier molecular flexibility index (Phi) is 2.83. The van der Waals surface area contributed by atoms with Gasteiger partial charge in [0.1, 0.15) is 10.8 Å². The van der Waals surface area contributed by atoms with Crippen LogP contribution in [-0.4, -0.2) is 19.7 Å². The van der Waals surface area contributed by atoms with Crippen LogP contribution in [-0.2, 0) is 6.61 Å². The molecule has 0 aliphatic heterocycles. The van der Waals surface area contributed by atoms with Gasteiger partial charge in [-0.2, -0.15) is 5.10 Å².